The topological polar surface area (TPSA) is 30.5 Å². The number of anilines is 1. The van der Waals surface area contributed by atoms with Crippen molar-refractivity contribution in [2.75, 3.05) is 19.0 Å². The molecule has 0 bridgehead atoms. The molecule has 0 saturated heterocycles. The molecule has 1 N–H and O–H groups in total. The van der Waals surface area contributed by atoms with Crippen LogP contribution in [0.1, 0.15) is 39.0 Å². The van der Waals surface area contributed by atoms with E-state index in [1.165, 1.54) is 19.3 Å². The third-order valence-corrected chi connectivity index (χ3v) is 3.67. The number of para-hydroxylation sites is 2. The van der Waals surface area contributed by atoms with E-state index in [0.717, 1.165) is 30.9 Å². The van der Waals surface area contributed by atoms with Crippen LogP contribution in [0.5, 0.6) is 5.75 Å². The van der Waals surface area contributed by atoms with Gasteiger partial charge >= 0.3 is 0 Å². The second-order valence-corrected chi connectivity index (χ2v) is 5.21. The highest BCUT2D eigenvalue weighted by atomic mass is 16.5. The minimum Gasteiger partial charge on any atom is -0.491 e. The molecule has 1 aliphatic rings. The first-order valence-corrected chi connectivity index (χ1v) is 7.34. The maximum atomic E-state index is 5.79. The molecule has 1 aromatic rings. The number of hydrogen-bond donors (Lipinski definition) is 1. The van der Waals surface area contributed by atoms with Gasteiger partial charge in [-0.2, -0.15) is 0 Å². The largest absolute Gasteiger partial charge is 0.491 e. The molecule has 0 amide bonds. The highest BCUT2D eigenvalue weighted by Crippen LogP contribution is 2.29. The van der Waals surface area contributed by atoms with Crippen LogP contribution in [0.4, 0.5) is 5.69 Å². The molecular weight excluding hydrogens is 238 g/mol. The normalized spacial score (nSPS) is 23.1. The first kappa shape index (κ1) is 14.2. The van der Waals surface area contributed by atoms with Crippen LogP contribution in [0, 0.1) is 0 Å². The van der Waals surface area contributed by atoms with Crippen LogP contribution >= 0.6 is 0 Å². The van der Waals surface area contributed by atoms with Gasteiger partial charge in [-0.15, -0.1) is 0 Å². The van der Waals surface area contributed by atoms with Crippen molar-refractivity contribution < 1.29 is 9.47 Å². The van der Waals surface area contributed by atoms with Gasteiger partial charge in [-0.3, -0.25) is 0 Å². The summed E-state index contributed by atoms with van der Waals surface area (Å²) in [5.41, 5.74) is 1.11. The summed E-state index contributed by atoms with van der Waals surface area (Å²) in [5, 5.41) is 3.62. The summed E-state index contributed by atoms with van der Waals surface area (Å²) in [5.74, 6) is 0.962. The molecule has 2 rings (SSSR count). The predicted molar refractivity (Wildman–Crippen MR) is 78.9 cm³/mol. The molecule has 0 spiro atoms. The Kier molecular flexibility index (Phi) is 5.52. The van der Waals surface area contributed by atoms with Gasteiger partial charge in [-0.25, -0.2) is 0 Å². The lowest BCUT2D eigenvalue weighted by Crippen LogP contribution is -2.31. The summed E-state index contributed by atoms with van der Waals surface area (Å²) < 4.78 is 11.3. The fraction of sp³-hybridized carbons (Fsp3) is 0.625. The van der Waals surface area contributed by atoms with Gasteiger partial charge in [0, 0.05) is 13.2 Å². The number of rotatable bonds is 6. The van der Waals surface area contributed by atoms with Gasteiger partial charge in [0.05, 0.1) is 18.4 Å². The van der Waals surface area contributed by atoms with Crippen LogP contribution in [0.15, 0.2) is 24.3 Å². The summed E-state index contributed by atoms with van der Waals surface area (Å²) in [6, 6.07) is 8.70. The quantitative estimate of drug-likeness (QED) is 0.845. The van der Waals surface area contributed by atoms with Crippen molar-refractivity contribution in [3.63, 3.8) is 0 Å². The molecule has 3 nitrogen and oxygen atoms in total. The highest BCUT2D eigenvalue weighted by molar-refractivity contribution is 5.56. The van der Waals surface area contributed by atoms with Gasteiger partial charge in [-0.05, 0) is 44.2 Å². The van der Waals surface area contributed by atoms with Crippen molar-refractivity contribution in [1.82, 2.24) is 0 Å². The van der Waals surface area contributed by atoms with Gasteiger partial charge in [0.15, 0.2) is 0 Å². The lowest BCUT2D eigenvalue weighted by Gasteiger charge is -2.30. The maximum Gasteiger partial charge on any atom is 0.142 e. The van der Waals surface area contributed by atoms with Crippen LogP contribution in [0.25, 0.3) is 0 Å². The number of nitrogens with one attached hydrogen (secondary N) is 1. The summed E-state index contributed by atoms with van der Waals surface area (Å²) in [4.78, 5) is 0. The molecule has 1 aromatic carbocycles. The van der Waals surface area contributed by atoms with E-state index in [9.17, 15) is 0 Å². The zero-order valence-electron chi connectivity index (χ0n) is 12.0. The Hall–Kier alpha value is -1.22. The third-order valence-electron chi connectivity index (χ3n) is 3.67. The molecule has 19 heavy (non-hydrogen) atoms. The van der Waals surface area contributed by atoms with Crippen molar-refractivity contribution in [3.8, 4) is 5.75 Å². The van der Waals surface area contributed by atoms with Gasteiger partial charge in [0.2, 0.25) is 0 Å². The van der Waals surface area contributed by atoms with Gasteiger partial charge in [0.1, 0.15) is 5.75 Å². The van der Waals surface area contributed by atoms with Gasteiger partial charge in [-0.1, -0.05) is 19.1 Å². The third kappa shape index (κ3) is 4.13. The monoisotopic (exact) mass is 263 g/mol. The average molecular weight is 263 g/mol. The Morgan fingerprint density at radius 3 is 2.89 bits per heavy atom. The lowest BCUT2D eigenvalue weighted by molar-refractivity contribution is 0.0669. The van der Waals surface area contributed by atoms with Crippen LogP contribution in [0.2, 0.25) is 0 Å². The van der Waals surface area contributed by atoms with E-state index < -0.39 is 0 Å². The Balaban J connectivity index is 1.97. The maximum absolute atomic E-state index is 5.79. The highest BCUT2D eigenvalue weighted by Gasteiger charge is 2.22. The first-order valence-electron chi connectivity index (χ1n) is 7.34. The Morgan fingerprint density at radius 2 is 2.11 bits per heavy atom. The zero-order valence-corrected chi connectivity index (χ0v) is 12.0. The van der Waals surface area contributed by atoms with Gasteiger partial charge < -0.3 is 14.8 Å². The SMILES string of the molecule is CCCOc1ccccc1NC1CCCC(OC)C1. The molecule has 2 unspecified atom stereocenters. The Bertz CT molecular complexity index is 381. The number of hydrogen-bond acceptors (Lipinski definition) is 3. The van der Waals surface area contributed by atoms with E-state index in [1.807, 2.05) is 19.2 Å². The van der Waals surface area contributed by atoms with Crippen LogP contribution in [-0.2, 0) is 4.74 Å². The van der Waals surface area contributed by atoms with E-state index in [-0.39, 0.29) is 0 Å². The minimum atomic E-state index is 0.398. The van der Waals surface area contributed by atoms with Crippen molar-refractivity contribution in [1.29, 1.82) is 0 Å². The second-order valence-electron chi connectivity index (χ2n) is 5.21. The molecule has 3 heteroatoms. The first-order chi connectivity index (χ1) is 9.33. The Labute approximate surface area is 116 Å². The molecule has 1 saturated carbocycles. The van der Waals surface area contributed by atoms with Crippen molar-refractivity contribution in [2.24, 2.45) is 0 Å². The Morgan fingerprint density at radius 1 is 1.26 bits per heavy atom. The van der Waals surface area contributed by atoms with Gasteiger partial charge in [0.25, 0.3) is 0 Å². The number of ether oxygens (including phenoxy) is 2. The predicted octanol–water partition coefficient (Wildman–Crippen LogP) is 3.84. The summed E-state index contributed by atoms with van der Waals surface area (Å²) in [7, 11) is 1.81. The lowest BCUT2D eigenvalue weighted by atomic mass is 9.92. The van der Waals surface area contributed by atoms with E-state index in [2.05, 4.69) is 24.4 Å². The fourth-order valence-electron chi connectivity index (χ4n) is 2.63. The van der Waals surface area contributed by atoms with E-state index >= 15 is 0 Å². The summed E-state index contributed by atoms with van der Waals surface area (Å²) in [6.07, 6.45) is 6.14. The molecule has 2 atom stereocenters. The van der Waals surface area contributed by atoms with Crippen molar-refractivity contribution in [3.05, 3.63) is 24.3 Å². The van der Waals surface area contributed by atoms with Crippen molar-refractivity contribution >= 4 is 5.69 Å². The van der Waals surface area contributed by atoms with E-state index in [1.54, 1.807) is 0 Å². The molecule has 1 fully saturated rings. The number of methoxy groups -OCH3 is 1. The average Bonchev–Trinajstić information content (AvgIpc) is 2.46. The standard InChI is InChI=1S/C16H25NO2/c1-3-11-19-16-10-5-4-9-15(16)17-13-7-6-8-14(12-13)18-2/h4-5,9-10,13-14,17H,3,6-8,11-12H2,1-2H3. The molecule has 0 heterocycles. The molecule has 106 valence electrons. The molecule has 0 aromatic heterocycles. The molecule has 0 radical (unpaired) electrons. The molecular formula is C16H25NO2. The zero-order chi connectivity index (χ0) is 13.5. The second kappa shape index (κ2) is 7.39. The molecule has 1 aliphatic carbocycles. The van der Waals surface area contributed by atoms with Crippen LogP contribution in [0.3, 0.4) is 0 Å². The van der Waals surface area contributed by atoms with Crippen LogP contribution < -0.4 is 10.1 Å². The van der Waals surface area contributed by atoms with Crippen LogP contribution in [-0.4, -0.2) is 25.9 Å². The fourth-order valence-corrected chi connectivity index (χ4v) is 2.63. The smallest absolute Gasteiger partial charge is 0.142 e. The number of benzene rings is 1. The summed E-state index contributed by atoms with van der Waals surface area (Å²) >= 11 is 0. The van der Waals surface area contributed by atoms with Crippen molar-refractivity contribution in [2.45, 2.75) is 51.2 Å². The molecule has 0 aliphatic heterocycles. The summed E-state index contributed by atoms with van der Waals surface area (Å²) in [6.45, 7) is 2.89. The van der Waals surface area contributed by atoms with E-state index in [0.29, 0.717) is 12.1 Å². The van der Waals surface area contributed by atoms with E-state index in [4.69, 9.17) is 9.47 Å². The minimum absolute atomic E-state index is 0.398.